The van der Waals surface area contributed by atoms with E-state index in [9.17, 15) is 14.4 Å². The van der Waals surface area contributed by atoms with Crippen molar-refractivity contribution in [2.45, 2.75) is 44.2 Å². The summed E-state index contributed by atoms with van der Waals surface area (Å²) in [5.41, 5.74) is 0. The van der Waals surface area contributed by atoms with E-state index in [1.807, 2.05) is 0 Å². The molecule has 2 atom stereocenters. The predicted octanol–water partition coefficient (Wildman–Crippen LogP) is 0.173. The minimum atomic E-state index is -1.18. The number of carbonyl (C=O) groups is 3. The molecule has 1 fully saturated rings. The first-order chi connectivity index (χ1) is 9.49. The van der Waals surface area contributed by atoms with Crippen LogP contribution in [0.15, 0.2) is 0 Å². The lowest BCUT2D eigenvalue weighted by atomic mass is 10.1. The lowest BCUT2D eigenvalue weighted by Gasteiger charge is -2.16. The fourth-order valence-corrected chi connectivity index (χ4v) is 1.94. The summed E-state index contributed by atoms with van der Waals surface area (Å²) in [5.74, 6) is -2.17. The third-order valence-corrected chi connectivity index (χ3v) is 3.00. The molecular formula is C12H20N2O6. The number of carboxylic acids is 2. The number of aliphatic carboxylic acids is 2. The molecule has 1 aliphatic rings. The van der Waals surface area contributed by atoms with Gasteiger partial charge in [0.1, 0.15) is 6.04 Å². The van der Waals surface area contributed by atoms with E-state index in [0.29, 0.717) is 13.2 Å². The molecule has 114 valence electrons. The molecule has 1 saturated heterocycles. The Hall–Kier alpha value is -1.83. The zero-order valence-corrected chi connectivity index (χ0v) is 11.1. The molecule has 8 heteroatoms. The SMILES string of the molecule is O=C(O)CCC[C@@H](NC(=O)NCC1CCCO1)C(=O)O. The second kappa shape index (κ2) is 8.36. The Labute approximate surface area is 116 Å². The molecule has 1 unspecified atom stereocenters. The highest BCUT2D eigenvalue weighted by atomic mass is 16.5. The first-order valence-corrected chi connectivity index (χ1v) is 6.59. The van der Waals surface area contributed by atoms with Crippen LogP contribution in [0.3, 0.4) is 0 Å². The van der Waals surface area contributed by atoms with Gasteiger partial charge < -0.3 is 25.6 Å². The van der Waals surface area contributed by atoms with Crippen molar-refractivity contribution in [1.29, 1.82) is 0 Å². The minimum Gasteiger partial charge on any atom is -0.481 e. The molecular weight excluding hydrogens is 268 g/mol. The lowest BCUT2D eigenvalue weighted by molar-refractivity contribution is -0.140. The maximum absolute atomic E-state index is 11.6. The van der Waals surface area contributed by atoms with Crippen molar-refractivity contribution < 1.29 is 29.3 Å². The van der Waals surface area contributed by atoms with Gasteiger partial charge in [-0.15, -0.1) is 0 Å². The highest BCUT2D eigenvalue weighted by Gasteiger charge is 2.21. The van der Waals surface area contributed by atoms with E-state index < -0.39 is 24.0 Å². The van der Waals surface area contributed by atoms with Crippen molar-refractivity contribution in [1.82, 2.24) is 10.6 Å². The van der Waals surface area contributed by atoms with Crippen LogP contribution in [0.4, 0.5) is 4.79 Å². The van der Waals surface area contributed by atoms with E-state index in [2.05, 4.69) is 10.6 Å². The van der Waals surface area contributed by atoms with Gasteiger partial charge in [-0.2, -0.15) is 0 Å². The summed E-state index contributed by atoms with van der Waals surface area (Å²) in [6.45, 7) is 1.02. The Morgan fingerprint density at radius 3 is 2.60 bits per heavy atom. The summed E-state index contributed by atoms with van der Waals surface area (Å²) in [4.78, 5) is 32.9. The molecule has 0 spiro atoms. The van der Waals surface area contributed by atoms with Gasteiger partial charge in [-0.3, -0.25) is 4.79 Å². The van der Waals surface area contributed by atoms with Crippen molar-refractivity contribution in [2.75, 3.05) is 13.2 Å². The normalized spacial score (nSPS) is 19.3. The number of carbonyl (C=O) groups excluding carboxylic acids is 1. The number of ether oxygens (including phenoxy) is 1. The second-order valence-corrected chi connectivity index (χ2v) is 4.67. The number of nitrogens with one attached hydrogen (secondary N) is 2. The van der Waals surface area contributed by atoms with Crippen molar-refractivity contribution in [3.63, 3.8) is 0 Å². The standard InChI is InChI=1S/C12H20N2O6/c15-10(16)5-1-4-9(11(17)18)14-12(19)13-7-8-3-2-6-20-8/h8-9H,1-7H2,(H,15,16)(H,17,18)(H2,13,14,19)/t8?,9-/m1/s1. The minimum absolute atomic E-state index is 0.0176. The average Bonchev–Trinajstić information content (AvgIpc) is 2.87. The molecule has 8 nitrogen and oxygen atoms in total. The van der Waals surface area contributed by atoms with Gasteiger partial charge in [0.2, 0.25) is 0 Å². The number of hydrogen-bond acceptors (Lipinski definition) is 4. The fourth-order valence-electron chi connectivity index (χ4n) is 1.94. The van der Waals surface area contributed by atoms with E-state index in [0.717, 1.165) is 12.8 Å². The third-order valence-electron chi connectivity index (χ3n) is 3.00. The number of rotatable bonds is 8. The Morgan fingerprint density at radius 1 is 1.30 bits per heavy atom. The van der Waals surface area contributed by atoms with Crippen LogP contribution in [-0.4, -0.2) is 53.5 Å². The molecule has 1 rings (SSSR count). The van der Waals surface area contributed by atoms with Gasteiger partial charge in [0, 0.05) is 19.6 Å². The third kappa shape index (κ3) is 6.37. The van der Waals surface area contributed by atoms with Crippen LogP contribution in [-0.2, 0) is 14.3 Å². The van der Waals surface area contributed by atoms with Crippen LogP contribution >= 0.6 is 0 Å². The summed E-state index contributed by atoms with van der Waals surface area (Å²) in [7, 11) is 0. The molecule has 0 saturated carbocycles. The zero-order valence-electron chi connectivity index (χ0n) is 11.1. The Kier molecular flexibility index (Phi) is 6.78. The maximum atomic E-state index is 11.6. The molecule has 0 radical (unpaired) electrons. The average molecular weight is 288 g/mol. The fraction of sp³-hybridized carbons (Fsp3) is 0.750. The summed E-state index contributed by atoms with van der Waals surface area (Å²) in [6, 6.07) is -1.66. The van der Waals surface area contributed by atoms with Gasteiger partial charge in [-0.25, -0.2) is 9.59 Å². The van der Waals surface area contributed by atoms with Crippen LogP contribution in [0.1, 0.15) is 32.1 Å². The van der Waals surface area contributed by atoms with E-state index in [1.54, 1.807) is 0 Å². The number of urea groups is 1. The molecule has 0 aromatic rings. The highest BCUT2D eigenvalue weighted by Crippen LogP contribution is 2.10. The van der Waals surface area contributed by atoms with Crippen LogP contribution in [0.25, 0.3) is 0 Å². The van der Waals surface area contributed by atoms with Gasteiger partial charge in [-0.05, 0) is 25.7 Å². The molecule has 0 aromatic carbocycles. The smallest absolute Gasteiger partial charge is 0.326 e. The Bertz CT molecular complexity index is 354. The molecule has 2 amide bonds. The number of amides is 2. The summed E-state index contributed by atoms with van der Waals surface area (Å²) < 4.78 is 5.32. The molecule has 0 aliphatic carbocycles. The van der Waals surface area contributed by atoms with E-state index in [-0.39, 0.29) is 25.4 Å². The van der Waals surface area contributed by atoms with Crippen molar-refractivity contribution >= 4 is 18.0 Å². The Balaban J connectivity index is 2.26. The van der Waals surface area contributed by atoms with Crippen molar-refractivity contribution in [3.05, 3.63) is 0 Å². The summed E-state index contributed by atoms with van der Waals surface area (Å²) >= 11 is 0. The molecule has 4 N–H and O–H groups in total. The maximum Gasteiger partial charge on any atom is 0.326 e. The topological polar surface area (TPSA) is 125 Å². The number of carboxylic acid groups (broad SMARTS) is 2. The summed E-state index contributed by atoms with van der Waals surface area (Å²) in [5, 5.41) is 22.3. The van der Waals surface area contributed by atoms with Gasteiger partial charge in [0.15, 0.2) is 0 Å². The van der Waals surface area contributed by atoms with Gasteiger partial charge in [0.05, 0.1) is 6.10 Å². The van der Waals surface area contributed by atoms with E-state index in [1.165, 1.54) is 0 Å². The monoisotopic (exact) mass is 288 g/mol. The first-order valence-electron chi connectivity index (χ1n) is 6.59. The predicted molar refractivity (Wildman–Crippen MR) is 68.4 cm³/mol. The first kappa shape index (κ1) is 16.2. The molecule has 0 aromatic heterocycles. The Morgan fingerprint density at radius 2 is 2.05 bits per heavy atom. The molecule has 20 heavy (non-hydrogen) atoms. The van der Waals surface area contributed by atoms with Crippen LogP contribution < -0.4 is 10.6 Å². The highest BCUT2D eigenvalue weighted by molar-refractivity contribution is 5.82. The van der Waals surface area contributed by atoms with Crippen LogP contribution in [0.5, 0.6) is 0 Å². The lowest BCUT2D eigenvalue weighted by Crippen LogP contribution is -2.47. The van der Waals surface area contributed by atoms with E-state index >= 15 is 0 Å². The van der Waals surface area contributed by atoms with Crippen molar-refractivity contribution in [3.8, 4) is 0 Å². The van der Waals surface area contributed by atoms with E-state index in [4.69, 9.17) is 14.9 Å². The molecule has 0 bridgehead atoms. The van der Waals surface area contributed by atoms with Gasteiger partial charge in [0.25, 0.3) is 0 Å². The molecule has 1 aliphatic heterocycles. The van der Waals surface area contributed by atoms with Gasteiger partial charge >= 0.3 is 18.0 Å². The van der Waals surface area contributed by atoms with Crippen LogP contribution in [0, 0.1) is 0 Å². The zero-order chi connectivity index (χ0) is 15.0. The number of hydrogen-bond donors (Lipinski definition) is 4. The van der Waals surface area contributed by atoms with Crippen molar-refractivity contribution in [2.24, 2.45) is 0 Å². The quantitative estimate of drug-likeness (QED) is 0.504. The largest absolute Gasteiger partial charge is 0.481 e. The summed E-state index contributed by atoms with van der Waals surface area (Å²) in [6.07, 6.45) is 1.97. The second-order valence-electron chi connectivity index (χ2n) is 4.67. The van der Waals surface area contributed by atoms with Gasteiger partial charge in [-0.1, -0.05) is 0 Å². The van der Waals surface area contributed by atoms with Crippen LogP contribution in [0.2, 0.25) is 0 Å². The molecule has 1 heterocycles.